The van der Waals surface area contributed by atoms with E-state index in [0.717, 1.165) is 0 Å². The highest BCUT2D eigenvalue weighted by molar-refractivity contribution is 5.85. The summed E-state index contributed by atoms with van der Waals surface area (Å²) in [6.07, 6.45) is -0.388. The zero-order valence-corrected chi connectivity index (χ0v) is 16.2. The molecular weight excluding hydrogens is 380 g/mol. The second kappa shape index (κ2) is 8.63. The molecule has 6 nitrogen and oxygen atoms in total. The lowest BCUT2D eigenvalue weighted by atomic mass is 9.98. The molecule has 28 heavy (non-hydrogen) atoms. The van der Waals surface area contributed by atoms with Gasteiger partial charge in [-0.1, -0.05) is 48.5 Å². The normalized spacial score (nSPS) is 18.0. The van der Waals surface area contributed by atoms with Gasteiger partial charge in [0.2, 0.25) is 0 Å². The van der Waals surface area contributed by atoms with Crippen LogP contribution >= 0.6 is 12.4 Å². The SMILES string of the molecule is Cl.O=C(O)CC1CN(C(=O)OCC2c3ccccc3-c3ccccc32)CCN1. The Kier molecular flexibility index (Phi) is 6.21. The molecular formula is C21H23ClN2O4. The molecule has 2 aliphatic rings. The number of carboxylic acids is 1. The summed E-state index contributed by atoms with van der Waals surface area (Å²) >= 11 is 0. The number of hydrogen-bond donors (Lipinski definition) is 2. The summed E-state index contributed by atoms with van der Waals surface area (Å²) in [7, 11) is 0. The van der Waals surface area contributed by atoms with Crippen LogP contribution in [-0.4, -0.2) is 54.4 Å². The first kappa shape index (κ1) is 20.2. The summed E-state index contributed by atoms with van der Waals surface area (Å²) in [5, 5.41) is 12.1. The van der Waals surface area contributed by atoms with Crippen molar-refractivity contribution in [2.75, 3.05) is 26.2 Å². The van der Waals surface area contributed by atoms with Gasteiger partial charge < -0.3 is 20.1 Å². The van der Waals surface area contributed by atoms with Gasteiger partial charge in [-0.2, -0.15) is 0 Å². The van der Waals surface area contributed by atoms with Gasteiger partial charge in [0.1, 0.15) is 6.61 Å². The monoisotopic (exact) mass is 402 g/mol. The van der Waals surface area contributed by atoms with Crippen molar-refractivity contribution >= 4 is 24.5 Å². The number of hydrogen-bond acceptors (Lipinski definition) is 4. The van der Waals surface area contributed by atoms with Crippen LogP contribution < -0.4 is 5.32 Å². The van der Waals surface area contributed by atoms with Crippen LogP contribution in [0.1, 0.15) is 23.5 Å². The second-order valence-electron chi connectivity index (χ2n) is 7.00. The van der Waals surface area contributed by atoms with Crippen LogP contribution in [0.4, 0.5) is 4.79 Å². The third-order valence-electron chi connectivity index (χ3n) is 5.27. The molecule has 2 aromatic rings. The fraction of sp³-hybridized carbons (Fsp3) is 0.333. The van der Waals surface area contributed by atoms with Crippen molar-refractivity contribution in [1.82, 2.24) is 10.2 Å². The molecule has 1 saturated heterocycles. The number of carboxylic acid groups (broad SMARTS) is 1. The molecule has 2 N–H and O–H groups in total. The Labute approximate surface area is 169 Å². The van der Waals surface area contributed by atoms with Gasteiger partial charge in [-0.3, -0.25) is 4.79 Å². The van der Waals surface area contributed by atoms with Crippen LogP contribution in [0.15, 0.2) is 48.5 Å². The third kappa shape index (κ3) is 3.98. The van der Waals surface area contributed by atoms with E-state index in [9.17, 15) is 9.59 Å². The molecule has 1 aliphatic heterocycles. The van der Waals surface area contributed by atoms with Crippen molar-refractivity contribution in [1.29, 1.82) is 0 Å². The molecule has 1 fully saturated rings. The van der Waals surface area contributed by atoms with E-state index < -0.39 is 5.97 Å². The first-order chi connectivity index (χ1) is 13.1. The second-order valence-corrected chi connectivity index (χ2v) is 7.00. The highest BCUT2D eigenvalue weighted by atomic mass is 35.5. The molecule has 0 aromatic heterocycles. The largest absolute Gasteiger partial charge is 0.481 e. The smallest absolute Gasteiger partial charge is 0.409 e. The molecule has 2 aromatic carbocycles. The zero-order chi connectivity index (χ0) is 18.8. The summed E-state index contributed by atoms with van der Waals surface area (Å²) in [4.78, 5) is 25.0. The van der Waals surface area contributed by atoms with Gasteiger partial charge in [0.25, 0.3) is 0 Å². The predicted molar refractivity (Wildman–Crippen MR) is 108 cm³/mol. The van der Waals surface area contributed by atoms with E-state index in [1.54, 1.807) is 4.90 Å². The number of nitrogens with zero attached hydrogens (tertiary/aromatic N) is 1. The zero-order valence-electron chi connectivity index (χ0n) is 15.3. The van der Waals surface area contributed by atoms with Gasteiger partial charge in [0, 0.05) is 31.6 Å². The Morgan fingerprint density at radius 1 is 1.07 bits per heavy atom. The minimum absolute atomic E-state index is 0. The quantitative estimate of drug-likeness (QED) is 0.821. The average Bonchev–Trinajstić information content (AvgIpc) is 3.00. The Bertz CT molecular complexity index is 827. The van der Waals surface area contributed by atoms with Crippen molar-refractivity contribution < 1.29 is 19.4 Å². The predicted octanol–water partition coefficient (Wildman–Crippen LogP) is 3.11. The highest BCUT2D eigenvalue weighted by Crippen LogP contribution is 2.44. The van der Waals surface area contributed by atoms with Crippen LogP contribution in [-0.2, 0) is 9.53 Å². The van der Waals surface area contributed by atoms with Crippen LogP contribution in [0.25, 0.3) is 11.1 Å². The van der Waals surface area contributed by atoms with Crippen molar-refractivity contribution in [2.24, 2.45) is 0 Å². The number of amides is 1. The minimum atomic E-state index is -0.873. The summed E-state index contributed by atoms with van der Waals surface area (Å²) in [5.74, 6) is -0.846. The van der Waals surface area contributed by atoms with E-state index in [0.29, 0.717) is 19.6 Å². The first-order valence-electron chi connectivity index (χ1n) is 9.18. The Morgan fingerprint density at radius 3 is 2.29 bits per heavy atom. The van der Waals surface area contributed by atoms with Crippen LogP contribution in [0.5, 0.6) is 0 Å². The van der Waals surface area contributed by atoms with Crippen LogP contribution in [0, 0.1) is 0 Å². The number of carbonyl (C=O) groups excluding carboxylic acids is 1. The molecule has 4 rings (SSSR count). The van der Waals surface area contributed by atoms with E-state index in [-0.39, 0.29) is 43.5 Å². The molecule has 1 unspecified atom stereocenters. The number of fused-ring (bicyclic) bond motifs is 3. The lowest BCUT2D eigenvalue weighted by Crippen LogP contribution is -2.53. The molecule has 0 spiro atoms. The van der Waals surface area contributed by atoms with E-state index in [2.05, 4.69) is 29.6 Å². The lowest BCUT2D eigenvalue weighted by Gasteiger charge is -2.32. The molecule has 7 heteroatoms. The van der Waals surface area contributed by atoms with Gasteiger partial charge in [0.05, 0.1) is 6.42 Å². The van der Waals surface area contributed by atoms with Crippen molar-refractivity contribution in [3.05, 3.63) is 59.7 Å². The van der Waals surface area contributed by atoms with Crippen molar-refractivity contribution in [2.45, 2.75) is 18.4 Å². The molecule has 1 heterocycles. The Morgan fingerprint density at radius 2 is 1.68 bits per heavy atom. The average molecular weight is 403 g/mol. The molecule has 0 bridgehead atoms. The van der Waals surface area contributed by atoms with Gasteiger partial charge in [0.15, 0.2) is 0 Å². The first-order valence-corrected chi connectivity index (χ1v) is 9.18. The molecule has 1 amide bonds. The fourth-order valence-corrected chi connectivity index (χ4v) is 4.02. The molecule has 0 radical (unpaired) electrons. The number of aliphatic carboxylic acids is 1. The maximum absolute atomic E-state index is 12.5. The van der Waals surface area contributed by atoms with Gasteiger partial charge in [-0.25, -0.2) is 4.79 Å². The number of rotatable bonds is 4. The summed E-state index contributed by atoms with van der Waals surface area (Å²) in [6, 6.07) is 16.2. The number of nitrogens with one attached hydrogen (secondary N) is 1. The topological polar surface area (TPSA) is 78.9 Å². The van der Waals surface area contributed by atoms with Gasteiger partial charge >= 0.3 is 12.1 Å². The highest BCUT2D eigenvalue weighted by Gasteiger charge is 2.31. The maximum Gasteiger partial charge on any atom is 0.409 e. The van der Waals surface area contributed by atoms with Gasteiger partial charge in [-0.05, 0) is 22.3 Å². The van der Waals surface area contributed by atoms with E-state index in [1.165, 1.54) is 22.3 Å². The van der Waals surface area contributed by atoms with E-state index in [1.807, 2.05) is 24.3 Å². The standard InChI is InChI=1S/C21H22N2O4.ClH/c24-20(25)11-14-12-23(10-9-22-14)21(26)27-13-19-17-7-3-1-5-15(17)16-6-2-4-8-18(16)19;/h1-8,14,19,22H,9-13H2,(H,24,25);1H. The van der Waals surface area contributed by atoms with Crippen LogP contribution in [0.3, 0.4) is 0 Å². The Balaban J connectivity index is 0.00000225. The number of benzene rings is 2. The van der Waals surface area contributed by atoms with Gasteiger partial charge in [-0.15, -0.1) is 12.4 Å². The van der Waals surface area contributed by atoms with E-state index in [4.69, 9.17) is 9.84 Å². The summed E-state index contributed by atoms with van der Waals surface area (Å²) < 4.78 is 5.64. The third-order valence-corrected chi connectivity index (χ3v) is 5.27. The van der Waals surface area contributed by atoms with Crippen molar-refractivity contribution in [3.63, 3.8) is 0 Å². The number of carbonyl (C=O) groups is 2. The number of halogens is 1. The summed E-state index contributed by atoms with van der Waals surface area (Å²) in [6.45, 7) is 1.72. The number of ether oxygens (including phenoxy) is 1. The molecule has 1 atom stereocenters. The molecule has 0 saturated carbocycles. The van der Waals surface area contributed by atoms with Crippen LogP contribution in [0.2, 0.25) is 0 Å². The number of piperazine rings is 1. The maximum atomic E-state index is 12.5. The fourth-order valence-electron chi connectivity index (χ4n) is 4.02. The van der Waals surface area contributed by atoms with Crippen molar-refractivity contribution in [3.8, 4) is 11.1 Å². The van der Waals surface area contributed by atoms with E-state index >= 15 is 0 Å². The lowest BCUT2D eigenvalue weighted by molar-refractivity contribution is -0.137. The molecule has 1 aliphatic carbocycles. The molecule has 148 valence electrons. The summed E-state index contributed by atoms with van der Waals surface area (Å²) in [5.41, 5.74) is 4.74. The Hall–Kier alpha value is -2.57. The minimum Gasteiger partial charge on any atom is -0.481 e.